The highest BCUT2D eigenvalue weighted by Crippen LogP contribution is 2.05. The van der Waals surface area contributed by atoms with E-state index in [-0.39, 0.29) is 12.4 Å². The molecule has 0 aliphatic rings. The van der Waals surface area contributed by atoms with Crippen LogP contribution in [0.25, 0.3) is 0 Å². The summed E-state index contributed by atoms with van der Waals surface area (Å²) in [5.74, 6) is 0.196. The molecule has 2 N–H and O–H groups in total. The Morgan fingerprint density at radius 3 is 3.10 bits per heavy atom. The predicted molar refractivity (Wildman–Crippen MR) is 74.4 cm³/mol. The molecule has 0 aliphatic carbocycles. The molecule has 0 fully saturated rings. The van der Waals surface area contributed by atoms with Crippen LogP contribution in [0.4, 0.5) is 4.39 Å². The van der Waals surface area contributed by atoms with Crippen molar-refractivity contribution in [2.45, 2.75) is 12.5 Å². The third-order valence-corrected chi connectivity index (χ3v) is 3.09. The summed E-state index contributed by atoms with van der Waals surface area (Å²) in [6.45, 7) is 1.24. The Labute approximate surface area is 120 Å². The number of rotatable bonds is 8. The van der Waals surface area contributed by atoms with E-state index in [0.717, 1.165) is 17.3 Å². The van der Waals surface area contributed by atoms with E-state index < -0.39 is 6.10 Å². The molecule has 1 heterocycles. The maximum absolute atomic E-state index is 13.0. The number of aliphatic hydroxyl groups excluding tert-OH is 1. The molecule has 0 saturated heterocycles. The summed E-state index contributed by atoms with van der Waals surface area (Å²) in [6, 6.07) is 6.50. The van der Waals surface area contributed by atoms with Crippen LogP contribution >= 0.6 is 11.7 Å². The molecular formula is C13H16FN3O2S. The highest BCUT2D eigenvalue weighted by Gasteiger charge is 2.06. The van der Waals surface area contributed by atoms with Gasteiger partial charge >= 0.3 is 0 Å². The minimum atomic E-state index is -0.621. The first-order chi connectivity index (χ1) is 9.74. The van der Waals surface area contributed by atoms with Crippen LogP contribution in [-0.2, 0) is 6.42 Å². The lowest BCUT2D eigenvalue weighted by Gasteiger charge is -2.11. The van der Waals surface area contributed by atoms with Gasteiger partial charge in [0.25, 0.3) is 0 Å². The molecule has 1 aromatic heterocycles. The van der Waals surface area contributed by atoms with Gasteiger partial charge in [-0.3, -0.25) is 0 Å². The van der Waals surface area contributed by atoms with Crippen LogP contribution in [0.15, 0.2) is 30.5 Å². The second kappa shape index (κ2) is 7.88. The molecule has 1 atom stereocenters. The Balaban J connectivity index is 1.58. The number of aliphatic hydroxyl groups is 1. The average Bonchev–Trinajstić information content (AvgIpc) is 2.95. The van der Waals surface area contributed by atoms with E-state index in [9.17, 15) is 9.50 Å². The van der Waals surface area contributed by atoms with Gasteiger partial charge in [0, 0.05) is 6.54 Å². The van der Waals surface area contributed by atoms with Gasteiger partial charge in [-0.2, -0.15) is 4.37 Å². The Morgan fingerprint density at radius 2 is 2.35 bits per heavy atom. The molecule has 0 bridgehead atoms. The SMILES string of the molecule is OC(CNCCc1cccc(F)c1)COc1cnsn1. The summed E-state index contributed by atoms with van der Waals surface area (Å²) in [4.78, 5) is 0. The molecule has 0 radical (unpaired) electrons. The lowest BCUT2D eigenvalue weighted by Crippen LogP contribution is -2.32. The predicted octanol–water partition coefficient (Wildman–Crippen LogP) is 1.25. The third-order valence-electron chi connectivity index (χ3n) is 2.62. The Kier molecular flexibility index (Phi) is 5.85. The summed E-state index contributed by atoms with van der Waals surface area (Å²) >= 11 is 1.06. The van der Waals surface area contributed by atoms with Gasteiger partial charge < -0.3 is 15.2 Å². The fourth-order valence-electron chi connectivity index (χ4n) is 1.65. The van der Waals surface area contributed by atoms with E-state index >= 15 is 0 Å². The first kappa shape index (κ1) is 14.8. The second-order valence-electron chi connectivity index (χ2n) is 4.29. The zero-order chi connectivity index (χ0) is 14.2. The van der Waals surface area contributed by atoms with Crippen molar-refractivity contribution in [2.75, 3.05) is 19.7 Å². The van der Waals surface area contributed by atoms with Crippen LogP contribution in [0, 0.1) is 5.82 Å². The Hall–Kier alpha value is -1.57. The minimum Gasteiger partial charge on any atom is -0.473 e. The van der Waals surface area contributed by atoms with E-state index in [1.54, 1.807) is 6.07 Å². The number of benzene rings is 1. The third kappa shape index (κ3) is 5.20. The molecule has 2 aromatic rings. The fraction of sp³-hybridized carbons (Fsp3) is 0.385. The molecular weight excluding hydrogens is 281 g/mol. The fourth-order valence-corrected chi connectivity index (χ4v) is 2.02. The zero-order valence-corrected chi connectivity index (χ0v) is 11.6. The minimum absolute atomic E-state index is 0.165. The van der Waals surface area contributed by atoms with Crippen molar-refractivity contribution in [1.29, 1.82) is 0 Å². The van der Waals surface area contributed by atoms with E-state index in [0.29, 0.717) is 25.4 Å². The standard InChI is InChI=1S/C13H16FN3O2S/c14-11-3-1-2-10(6-11)4-5-15-7-12(18)9-19-13-8-16-20-17-13/h1-3,6,8,12,15,18H,4-5,7,9H2. The summed E-state index contributed by atoms with van der Waals surface area (Å²) in [7, 11) is 0. The number of hydrogen-bond acceptors (Lipinski definition) is 6. The lowest BCUT2D eigenvalue weighted by atomic mass is 10.1. The Morgan fingerprint density at radius 1 is 1.45 bits per heavy atom. The Bertz CT molecular complexity index is 510. The molecule has 0 saturated carbocycles. The van der Waals surface area contributed by atoms with Crippen LogP contribution in [0.5, 0.6) is 5.88 Å². The van der Waals surface area contributed by atoms with Crippen LogP contribution in [0.3, 0.4) is 0 Å². The van der Waals surface area contributed by atoms with E-state index in [1.807, 2.05) is 6.07 Å². The lowest BCUT2D eigenvalue weighted by molar-refractivity contribution is 0.104. The summed E-state index contributed by atoms with van der Waals surface area (Å²) in [5, 5.41) is 12.8. The molecule has 1 aromatic carbocycles. The topological polar surface area (TPSA) is 67.3 Å². The molecule has 2 rings (SSSR count). The van der Waals surface area contributed by atoms with Crippen LogP contribution in [-0.4, -0.2) is 39.7 Å². The largest absolute Gasteiger partial charge is 0.473 e. The van der Waals surface area contributed by atoms with Crippen molar-refractivity contribution in [1.82, 2.24) is 14.1 Å². The molecule has 5 nitrogen and oxygen atoms in total. The van der Waals surface area contributed by atoms with Gasteiger partial charge in [0.15, 0.2) is 0 Å². The van der Waals surface area contributed by atoms with Gasteiger partial charge in [-0.1, -0.05) is 12.1 Å². The van der Waals surface area contributed by atoms with Gasteiger partial charge in [-0.15, -0.1) is 4.37 Å². The normalized spacial score (nSPS) is 12.3. The molecule has 7 heteroatoms. The van der Waals surface area contributed by atoms with Crippen molar-refractivity contribution in [3.8, 4) is 5.88 Å². The van der Waals surface area contributed by atoms with Crippen LogP contribution in [0.2, 0.25) is 0 Å². The first-order valence-corrected chi connectivity index (χ1v) is 7.00. The van der Waals surface area contributed by atoms with Crippen molar-refractivity contribution < 1.29 is 14.2 Å². The number of nitrogens with one attached hydrogen (secondary N) is 1. The first-order valence-electron chi connectivity index (χ1n) is 6.27. The summed E-state index contributed by atoms with van der Waals surface area (Å²) in [5.41, 5.74) is 0.928. The van der Waals surface area contributed by atoms with Gasteiger partial charge in [0.05, 0.1) is 11.7 Å². The molecule has 0 aliphatic heterocycles. The highest BCUT2D eigenvalue weighted by atomic mass is 32.1. The van der Waals surface area contributed by atoms with Gasteiger partial charge in [0.1, 0.15) is 24.7 Å². The monoisotopic (exact) mass is 297 g/mol. The molecule has 0 amide bonds. The van der Waals surface area contributed by atoms with E-state index in [4.69, 9.17) is 4.74 Å². The van der Waals surface area contributed by atoms with Crippen molar-refractivity contribution in [3.05, 3.63) is 41.8 Å². The molecule has 20 heavy (non-hydrogen) atoms. The van der Waals surface area contributed by atoms with Crippen molar-refractivity contribution in [3.63, 3.8) is 0 Å². The second-order valence-corrected chi connectivity index (χ2v) is 4.85. The van der Waals surface area contributed by atoms with Crippen LogP contribution < -0.4 is 10.1 Å². The number of ether oxygens (including phenoxy) is 1. The van der Waals surface area contributed by atoms with Crippen LogP contribution in [0.1, 0.15) is 5.56 Å². The van der Waals surface area contributed by atoms with Gasteiger partial charge in [-0.05, 0) is 30.7 Å². The molecule has 1 unspecified atom stereocenters. The number of hydrogen-bond donors (Lipinski definition) is 2. The summed E-state index contributed by atoms with van der Waals surface area (Å²) < 4.78 is 25.9. The molecule has 108 valence electrons. The van der Waals surface area contributed by atoms with Crippen molar-refractivity contribution >= 4 is 11.7 Å². The van der Waals surface area contributed by atoms with Gasteiger partial charge in [0.2, 0.25) is 5.88 Å². The van der Waals surface area contributed by atoms with E-state index in [2.05, 4.69) is 14.1 Å². The smallest absolute Gasteiger partial charge is 0.245 e. The maximum Gasteiger partial charge on any atom is 0.245 e. The maximum atomic E-state index is 13.0. The zero-order valence-electron chi connectivity index (χ0n) is 10.8. The van der Waals surface area contributed by atoms with Crippen molar-refractivity contribution in [2.24, 2.45) is 0 Å². The summed E-state index contributed by atoms with van der Waals surface area (Å²) in [6.07, 6.45) is 1.60. The number of aromatic nitrogens is 2. The number of nitrogens with zero attached hydrogens (tertiary/aromatic N) is 2. The average molecular weight is 297 g/mol. The number of halogens is 1. The molecule has 0 spiro atoms. The highest BCUT2D eigenvalue weighted by molar-refractivity contribution is 6.99. The quantitative estimate of drug-likeness (QED) is 0.718. The van der Waals surface area contributed by atoms with E-state index in [1.165, 1.54) is 18.3 Å². The van der Waals surface area contributed by atoms with Gasteiger partial charge in [-0.25, -0.2) is 4.39 Å².